The van der Waals surface area contributed by atoms with Gasteiger partial charge in [-0.1, -0.05) is 42.1 Å². The smallest absolute Gasteiger partial charge is 0.186 e. The molecule has 4 aromatic rings. The molecule has 1 atom stereocenters. The van der Waals surface area contributed by atoms with Gasteiger partial charge >= 0.3 is 0 Å². The average Bonchev–Trinajstić information content (AvgIpc) is 3.06. The van der Waals surface area contributed by atoms with Crippen LogP contribution in [-0.4, -0.2) is 24.8 Å². The number of thioether (sulfide) groups is 1. The molecule has 1 unspecified atom stereocenters. The Morgan fingerprint density at radius 3 is 2.62 bits per heavy atom. The van der Waals surface area contributed by atoms with Gasteiger partial charge in [-0.05, 0) is 36.8 Å². The summed E-state index contributed by atoms with van der Waals surface area (Å²) in [7, 11) is 0. The lowest BCUT2D eigenvalue weighted by Crippen LogP contribution is -1.98. The van der Waals surface area contributed by atoms with Gasteiger partial charge in [-0.25, -0.2) is 0 Å². The number of nitrogens with zero attached hydrogens (tertiary/aromatic N) is 5. The fourth-order valence-electron chi connectivity index (χ4n) is 2.48. The first-order valence-corrected chi connectivity index (χ1v) is 8.54. The van der Waals surface area contributed by atoms with Crippen molar-refractivity contribution in [3.8, 4) is 11.4 Å². The standard InChI is InChI=1S/C18H15N5S/c1-13(14-6-3-2-4-7-14)24-17-10-9-16-20-21-18(23(16)22-17)15-8-5-11-19-12-15/h2-13H,1H3. The van der Waals surface area contributed by atoms with E-state index in [1.807, 2.05) is 30.3 Å². The van der Waals surface area contributed by atoms with Crippen LogP contribution in [0, 0.1) is 0 Å². The van der Waals surface area contributed by atoms with Gasteiger partial charge in [0.15, 0.2) is 11.5 Å². The summed E-state index contributed by atoms with van der Waals surface area (Å²) in [5.41, 5.74) is 2.90. The van der Waals surface area contributed by atoms with Gasteiger partial charge in [0, 0.05) is 23.2 Å². The predicted molar refractivity (Wildman–Crippen MR) is 94.7 cm³/mol. The normalized spacial score (nSPS) is 12.4. The Bertz CT molecular complexity index is 953. The molecular formula is C18H15N5S. The molecule has 0 N–H and O–H groups in total. The number of hydrogen-bond acceptors (Lipinski definition) is 5. The summed E-state index contributed by atoms with van der Waals surface area (Å²) in [6.07, 6.45) is 3.51. The Morgan fingerprint density at radius 2 is 1.83 bits per heavy atom. The van der Waals surface area contributed by atoms with E-state index in [0.29, 0.717) is 11.1 Å². The van der Waals surface area contributed by atoms with E-state index in [2.05, 4.69) is 46.4 Å². The Hall–Kier alpha value is -2.73. The Morgan fingerprint density at radius 1 is 0.958 bits per heavy atom. The molecule has 0 bridgehead atoms. The zero-order chi connectivity index (χ0) is 16.4. The second-order valence-electron chi connectivity index (χ2n) is 5.38. The van der Waals surface area contributed by atoms with Crippen molar-refractivity contribution in [2.24, 2.45) is 0 Å². The molecule has 0 aliphatic rings. The van der Waals surface area contributed by atoms with Crippen molar-refractivity contribution in [2.75, 3.05) is 0 Å². The summed E-state index contributed by atoms with van der Waals surface area (Å²) in [6.45, 7) is 2.18. The summed E-state index contributed by atoms with van der Waals surface area (Å²) < 4.78 is 1.77. The van der Waals surface area contributed by atoms with Gasteiger partial charge in [0.05, 0.1) is 0 Å². The highest BCUT2D eigenvalue weighted by atomic mass is 32.2. The molecule has 0 radical (unpaired) electrons. The molecule has 118 valence electrons. The second-order valence-corrected chi connectivity index (χ2v) is 6.74. The molecule has 0 saturated carbocycles. The second kappa shape index (κ2) is 6.41. The fraction of sp³-hybridized carbons (Fsp3) is 0.111. The fourth-order valence-corrected chi connectivity index (χ4v) is 3.41. The third-order valence-electron chi connectivity index (χ3n) is 3.72. The van der Waals surface area contributed by atoms with Crippen molar-refractivity contribution in [1.82, 2.24) is 24.8 Å². The van der Waals surface area contributed by atoms with Crippen molar-refractivity contribution in [3.63, 3.8) is 0 Å². The van der Waals surface area contributed by atoms with Crippen LogP contribution < -0.4 is 0 Å². The summed E-state index contributed by atoms with van der Waals surface area (Å²) in [4.78, 5) is 4.14. The van der Waals surface area contributed by atoms with E-state index >= 15 is 0 Å². The highest BCUT2D eigenvalue weighted by molar-refractivity contribution is 7.99. The van der Waals surface area contributed by atoms with Crippen molar-refractivity contribution in [2.45, 2.75) is 17.2 Å². The van der Waals surface area contributed by atoms with Gasteiger partial charge < -0.3 is 0 Å². The van der Waals surface area contributed by atoms with Crippen molar-refractivity contribution >= 4 is 17.4 Å². The Kier molecular flexibility index (Phi) is 3.96. The Labute approximate surface area is 143 Å². The zero-order valence-corrected chi connectivity index (χ0v) is 13.9. The van der Waals surface area contributed by atoms with Crippen LogP contribution in [0.15, 0.2) is 72.0 Å². The number of benzene rings is 1. The molecule has 3 aromatic heterocycles. The van der Waals surface area contributed by atoms with E-state index in [4.69, 9.17) is 5.10 Å². The molecule has 5 nitrogen and oxygen atoms in total. The number of hydrogen-bond donors (Lipinski definition) is 0. The summed E-state index contributed by atoms with van der Waals surface area (Å²) >= 11 is 1.72. The number of aromatic nitrogens is 5. The van der Waals surface area contributed by atoms with Gasteiger partial charge in [0.1, 0.15) is 5.03 Å². The van der Waals surface area contributed by atoms with E-state index in [-0.39, 0.29) is 0 Å². The van der Waals surface area contributed by atoms with E-state index in [1.54, 1.807) is 28.7 Å². The van der Waals surface area contributed by atoms with Crippen molar-refractivity contribution < 1.29 is 0 Å². The van der Waals surface area contributed by atoms with Crippen LogP contribution in [0.5, 0.6) is 0 Å². The van der Waals surface area contributed by atoms with E-state index < -0.39 is 0 Å². The number of rotatable bonds is 4. The maximum absolute atomic E-state index is 4.70. The van der Waals surface area contributed by atoms with Crippen LogP contribution in [0.1, 0.15) is 17.7 Å². The van der Waals surface area contributed by atoms with Crippen LogP contribution in [0.3, 0.4) is 0 Å². The molecule has 0 fully saturated rings. The van der Waals surface area contributed by atoms with Crippen LogP contribution in [0.4, 0.5) is 0 Å². The number of fused-ring (bicyclic) bond motifs is 1. The molecule has 0 amide bonds. The maximum atomic E-state index is 4.70. The molecule has 0 saturated heterocycles. The molecule has 3 heterocycles. The lowest BCUT2D eigenvalue weighted by molar-refractivity contribution is 0.856. The molecule has 24 heavy (non-hydrogen) atoms. The van der Waals surface area contributed by atoms with Crippen molar-refractivity contribution in [3.05, 3.63) is 72.6 Å². The van der Waals surface area contributed by atoms with E-state index in [0.717, 1.165) is 16.2 Å². The quantitative estimate of drug-likeness (QED) is 0.528. The molecule has 0 spiro atoms. The predicted octanol–water partition coefficient (Wildman–Crippen LogP) is 4.04. The minimum Gasteiger partial charge on any atom is -0.264 e. The first-order chi connectivity index (χ1) is 11.8. The molecule has 6 heteroatoms. The monoisotopic (exact) mass is 333 g/mol. The average molecular weight is 333 g/mol. The zero-order valence-electron chi connectivity index (χ0n) is 13.1. The minimum absolute atomic E-state index is 0.314. The molecular weight excluding hydrogens is 318 g/mol. The van der Waals surface area contributed by atoms with Crippen LogP contribution in [0.2, 0.25) is 0 Å². The molecule has 0 aliphatic heterocycles. The first-order valence-electron chi connectivity index (χ1n) is 7.66. The highest BCUT2D eigenvalue weighted by Gasteiger charge is 2.12. The van der Waals surface area contributed by atoms with Crippen molar-refractivity contribution in [1.29, 1.82) is 0 Å². The van der Waals surface area contributed by atoms with Gasteiger partial charge in [-0.2, -0.15) is 9.61 Å². The van der Waals surface area contributed by atoms with Crippen LogP contribution in [-0.2, 0) is 0 Å². The van der Waals surface area contributed by atoms with Gasteiger partial charge in [-0.15, -0.1) is 10.2 Å². The van der Waals surface area contributed by atoms with Crippen LogP contribution >= 0.6 is 11.8 Å². The molecule has 1 aromatic carbocycles. The lowest BCUT2D eigenvalue weighted by atomic mass is 10.2. The van der Waals surface area contributed by atoms with Gasteiger partial charge in [-0.3, -0.25) is 4.98 Å². The Balaban J connectivity index is 1.68. The minimum atomic E-state index is 0.314. The molecule has 0 aliphatic carbocycles. The lowest BCUT2D eigenvalue weighted by Gasteiger charge is -2.11. The summed E-state index contributed by atoms with van der Waals surface area (Å²) in [5, 5.41) is 14.4. The first kappa shape index (κ1) is 14.8. The SMILES string of the molecule is CC(Sc1ccc2nnc(-c3cccnc3)n2n1)c1ccccc1. The van der Waals surface area contributed by atoms with E-state index in [1.165, 1.54) is 5.56 Å². The third-order valence-corrected chi connectivity index (χ3v) is 4.81. The molecule has 4 rings (SSSR count). The summed E-state index contributed by atoms with van der Waals surface area (Å²) in [5.74, 6) is 0.702. The largest absolute Gasteiger partial charge is 0.264 e. The van der Waals surface area contributed by atoms with Gasteiger partial charge in [0.25, 0.3) is 0 Å². The maximum Gasteiger partial charge on any atom is 0.186 e. The topological polar surface area (TPSA) is 56.0 Å². The highest BCUT2D eigenvalue weighted by Crippen LogP contribution is 2.33. The third kappa shape index (κ3) is 2.88. The summed E-state index contributed by atoms with van der Waals surface area (Å²) in [6, 6.07) is 18.2. The van der Waals surface area contributed by atoms with E-state index in [9.17, 15) is 0 Å². The van der Waals surface area contributed by atoms with Crippen LogP contribution in [0.25, 0.3) is 17.0 Å². The van der Waals surface area contributed by atoms with Gasteiger partial charge in [0.2, 0.25) is 0 Å². The number of pyridine rings is 1.